The van der Waals surface area contributed by atoms with Crippen molar-refractivity contribution in [2.75, 3.05) is 0 Å². The van der Waals surface area contributed by atoms with Gasteiger partial charge in [-0.05, 0) is 42.8 Å². The molecule has 0 atom stereocenters. The first kappa shape index (κ1) is 12.6. The van der Waals surface area contributed by atoms with Crippen LogP contribution in [0.25, 0.3) is 0 Å². The van der Waals surface area contributed by atoms with Crippen molar-refractivity contribution < 1.29 is 14.6 Å². The lowest BCUT2D eigenvalue weighted by Gasteiger charge is -2.07. The van der Waals surface area contributed by atoms with Crippen LogP contribution >= 0.6 is 15.9 Å². The second kappa shape index (κ2) is 5.18. The average Bonchev–Trinajstić information content (AvgIpc) is 2.34. The maximum atomic E-state index is 10.6. The number of hydrogen-bond donors (Lipinski definition) is 1. The number of nitrogens with zero attached hydrogens (tertiary/aromatic N) is 1. The Morgan fingerprint density at radius 1 is 1.28 bits per heavy atom. The predicted molar refractivity (Wildman–Crippen MR) is 70.1 cm³/mol. The molecule has 2 aromatic rings. The molecular weight excluding hydrogens is 298 g/mol. The van der Waals surface area contributed by atoms with Crippen molar-refractivity contribution >= 4 is 21.9 Å². The summed E-state index contributed by atoms with van der Waals surface area (Å²) < 4.78 is 6.58. The molecule has 1 aromatic carbocycles. The molecule has 0 amide bonds. The number of aryl methyl sites for hydroxylation is 1. The van der Waals surface area contributed by atoms with Crippen LogP contribution in [-0.2, 0) is 0 Å². The predicted octanol–water partition coefficient (Wildman–Crippen LogP) is 3.64. The lowest BCUT2D eigenvalue weighted by atomic mass is 10.2. The molecule has 0 spiro atoms. The SMILES string of the molecule is Cc1cc(Oc2ccc(C(=O)O)nc2)ccc1Br. The number of carbonyl (C=O) groups is 1. The highest BCUT2D eigenvalue weighted by molar-refractivity contribution is 9.10. The van der Waals surface area contributed by atoms with Gasteiger partial charge in [-0.15, -0.1) is 0 Å². The van der Waals surface area contributed by atoms with E-state index in [1.165, 1.54) is 12.3 Å². The van der Waals surface area contributed by atoms with Gasteiger partial charge >= 0.3 is 5.97 Å². The maximum absolute atomic E-state index is 10.6. The fourth-order valence-electron chi connectivity index (χ4n) is 1.38. The van der Waals surface area contributed by atoms with Gasteiger partial charge in [0.15, 0.2) is 0 Å². The minimum atomic E-state index is -1.05. The Balaban J connectivity index is 2.18. The van der Waals surface area contributed by atoms with Crippen molar-refractivity contribution in [3.05, 3.63) is 52.3 Å². The summed E-state index contributed by atoms with van der Waals surface area (Å²) in [6, 6.07) is 8.58. The number of rotatable bonds is 3. The number of hydrogen-bond acceptors (Lipinski definition) is 3. The number of carboxylic acid groups (broad SMARTS) is 1. The second-order valence-corrected chi connectivity index (χ2v) is 4.55. The Bertz CT molecular complexity index is 581. The highest BCUT2D eigenvalue weighted by Gasteiger charge is 2.05. The van der Waals surface area contributed by atoms with E-state index in [-0.39, 0.29) is 5.69 Å². The van der Waals surface area contributed by atoms with Crippen LogP contribution in [0.2, 0.25) is 0 Å². The Hall–Kier alpha value is -1.88. The maximum Gasteiger partial charge on any atom is 0.354 e. The molecule has 1 N–H and O–H groups in total. The van der Waals surface area contributed by atoms with Crippen molar-refractivity contribution in [1.82, 2.24) is 4.98 Å². The van der Waals surface area contributed by atoms with Crippen LogP contribution in [0.4, 0.5) is 0 Å². The molecule has 0 aliphatic rings. The quantitative estimate of drug-likeness (QED) is 0.940. The summed E-state index contributed by atoms with van der Waals surface area (Å²) in [6.07, 6.45) is 1.39. The van der Waals surface area contributed by atoms with E-state index in [1.807, 2.05) is 25.1 Å². The molecule has 0 fully saturated rings. The molecule has 0 unspecified atom stereocenters. The number of carboxylic acids is 1. The van der Waals surface area contributed by atoms with E-state index in [4.69, 9.17) is 9.84 Å². The van der Waals surface area contributed by atoms with Crippen LogP contribution in [0.1, 0.15) is 16.1 Å². The van der Waals surface area contributed by atoms with Gasteiger partial charge in [0.1, 0.15) is 17.2 Å². The molecule has 0 aliphatic heterocycles. The largest absolute Gasteiger partial charge is 0.477 e. The van der Waals surface area contributed by atoms with Crippen molar-refractivity contribution in [2.45, 2.75) is 6.92 Å². The third-order valence-corrected chi connectivity index (χ3v) is 3.21. The second-order valence-electron chi connectivity index (χ2n) is 3.70. The summed E-state index contributed by atoms with van der Waals surface area (Å²) in [6.45, 7) is 1.96. The van der Waals surface area contributed by atoms with Crippen LogP contribution in [0.3, 0.4) is 0 Å². The van der Waals surface area contributed by atoms with Gasteiger partial charge in [-0.1, -0.05) is 15.9 Å². The Morgan fingerprint density at radius 2 is 2.00 bits per heavy atom. The van der Waals surface area contributed by atoms with Crippen molar-refractivity contribution in [2.24, 2.45) is 0 Å². The van der Waals surface area contributed by atoms with E-state index in [9.17, 15) is 4.79 Å². The van der Waals surface area contributed by atoms with Gasteiger partial charge in [0, 0.05) is 4.47 Å². The van der Waals surface area contributed by atoms with Crippen molar-refractivity contribution in [1.29, 1.82) is 0 Å². The number of aromatic nitrogens is 1. The standard InChI is InChI=1S/C13H10BrNO3/c1-8-6-9(2-4-11(8)14)18-10-3-5-12(13(16)17)15-7-10/h2-7H,1H3,(H,16,17). The summed E-state index contributed by atoms with van der Waals surface area (Å²) in [4.78, 5) is 14.4. The lowest BCUT2D eigenvalue weighted by molar-refractivity contribution is 0.0690. The molecule has 0 saturated heterocycles. The zero-order chi connectivity index (χ0) is 13.1. The van der Waals surface area contributed by atoms with Gasteiger partial charge in [0.2, 0.25) is 0 Å². The molecule has 4 nitrogen and oxygen atoms in total. The monoisotopic (exact) mass is 307 g/mol. The van der Waals surface area contributed by atoms with E-state index in [1.54, 1.807) is 6.07 Å². The van der Waals surface area contributed by atoms with Crippen LogP contribution in [0, 0.1) is 6.92 Å². The smallest absolute Gasteiger partial charge is 0.354 e. The lowest BCUT2D eigenvalue weighted by Crippen LogP contribution is -1.99. The Labute approximate surface area is 112 Å². The van der Waals surface area contributed by atoms with Crippen molar-refractivity contribution in [3.63, 3.8) is 0 Å². The molecule has 5 heteroatoms. The molecule has 92 valence electrons. The van der Waals surface area contributed by atoms with E-state index >= 15 is 0 Å². The number of benzene rings is 1. The van der Waals surface area contributed by atoms with Gasteiger partial charge in [-0.25, -0.2) is 9.78 Å². The van der Waals surface area contributed by atoms with Gasteiger partial charge in [0.05, 0.1) is 6.20 Å². The van der Waals surface area contributed by atoms with Crippen LogP contribution in [0.15, 0.2) is 41.0 Å². The van der Waals surface area contributed by atoms with Crippen LogP contribution < -0.4 is 4.74 Å². The molecule has 0 aliphatic carbocycles. The first-order valence-electron chi connectivity index (χ1n) is 5.19. The average molecular weight is 308 g/mol. The van der Waals surface area contributed by atoms with Gasteiger partial charge in [0.25, 0.3) is 0 Å². The zero-order valence-corrected chi connectivity index (χ0v) is 11.1. The highest BCUT2D eigenvalue weighted by atomic mass is 79.9. The minimum absolute atomic E-state index is 0.00524. The fraction of sp³-hybridized carbons (Fsp3) is 0.0769. The molecule has 0 radical (unpaired) electrons. The topological polar surface area (TPSA) is 59.4 Å². The summed E-state index contributed by atoms with van der Waals surface area (Å²) in [5, 5.41) is 8.72. The third-order valence-electron chi connectivity index (χ3n) is 2.32. The normalized spacial score (nSPS) is 10.1. The van der Waals surface area contributed by atoms with E-state index < -0.39 is 5.97 Å². The summed E-state index contributed by atoms with van der Waals surface area (Å²) in [7, 11) is 0. The minimum Gasteiger partial charge on any atom is -0.477 e. The van der Waals surface area contributed by atoms with Crippen molar-refractivity contribution in [3.8, 4) is 11.5 Å². The summed E-state index contributed by atoms with van der Waals surface area (Å²) in [5.41, 5.74) is 1.05. The fourth-order valence-corrected chi connectivity index (χ4v) is 1.63. The third kappa shape index (κ3) is 2.87. The summed E-state index contributed by atoms with van der Waals surface area (Å²) >= 11 is 3.41. The molecule has 18 heavy (non-hydrogen) atoms. The van der Waals surface area contributed by atoms with Gasteiger partial charge in [-0.2, -0.15) is 0 Å². The summed E-state index contributed by atoms with van der Waals surface area (Å²) in [5.74, 6) is 0.128. The number of pyridine rings is 1. The molecule has 0 bridgehead atoms. The zero-order valence-electron chi connectivity index (χ0n) is 9.55. The molecule has 0 saturated carbocycles. The number of ether oxygens (including phenoxy) is 1. The van der Waals surface area contributed by atoms with E-state index in [0.717, 1.165) is 10.0 Å². The van der Waals surface area contributed by atoms with Crippen LogP contribution in [-0.4, -0.2) is 16.1 Å². The molecule has 1 heterocycles. The number of halogens is 1. The van der Waals surface area contributed by atoms with Gasteiger partial charge in [-0.3, -0.25) is 0 Å². The van der Waals surface area contributed by atoms with E-state index in [0.29, 0.717) is 11.5 Å². The number of aromatic carboxylic acids is 1. The van der Waals surface area contributed by atoms with Crippen LogP contribution in [0.5, 0.6) is 11.5 Å². The Morgan fingerprint density at radius 3 is 2.56 bits per heavy atom. The first-order chi connectivity index (χ1) is 8.56. The highest BCUT2D eigenvalue weighted by Crippen LogP contribution is 2.25. The first-order valence-corrected chi connectivity index (χ1v) is 5.99. The van der Waals surface area contributed by atoms with E-state index in [2.05, 4.69) is 20.9 Å². The molecular formula is C13H10BrNO3. The van der Waals surface area contributed by atoms with Gasteiger partial charge < -0.3 is 9.84 Å². The Kier molecular flexibility index (Phi) is 3.62. The molecule has 2 rings (SSSR count). The molecule has 1 aromatic heterocycles.